The van der Waals surface area contributed by atoms with Crippen molar-refractivity contribution in [1.82, 2.24) is 5.32 Å². The maximum absolute atomic E-state index is 12.7. The number of hydrogen-bond acceptors (Lipinski definition) is 1. The number of amides is 1. The van der Waals surface area contributed by atoms with Crippen LogP contribution in [0.5, 0.6) is 0 Å². The van der Waals surface area contributed by atoms with E-state index in [9.17, 15) is 9.18 Å². The molecule has 2 nitrogen and oxygen atoms in total. The van der Waals surface area contributed by atoms with E-state index in [2.05, 4.69) is 5.32 Å². The van der Waals surface area contributed by atoms with Crippen molar-refractivity contribution in [3.63, 3.8) is 0 Å². The van der Waals surface area contributed by atoms with Gasteiger partial charge in [-0.05, 0) is 19.3 Å². The average Bonchev–Trinajstić information content (AvgIpc) is 2.56. The summed E-state index contributed by atoms with van der Waals surface area (Å²) in [5, 5.41) is 2.74. The lowest BCUT2D eigenvalue weighted by Crippen LogP contribution is -2.34. The Labute approximate surface area is 72.5 Å². The lowest BCUT2D eigenvalue weighted by atomic mass is 10.1. The molecule has 1 rings (SSSR count). The largest absolute Gasteiger partial charge is 0.355 e. The van der Waals surface area contributed by atoms with E-state index in [1.165, 1.54) is 0 Å². The first kappa shape index (κ1) is 9.49. The van der Waals surface area contributed by atoms with Crippen molar-refractivity contribution in [2.45, 2.75) is 33.4 Å². The van der Waals surface area contributed by atoms with Gasteiger partial charge in [-0.1, -0.05) is 13.8 Å². The molecule has 0 saturated heterocycles. The van der Waals surface area contributed by atoms with Gasteiger partial charge in [0.05, 0.1) is 5.41 Å². The van der Waals surface area contributed by atoms with Crippen molar-refractivity contribution in [2.24, 2.45) is 11.3 Å². The summed E-state index contributed by atoms with van der Waals surface area (Å²) in [6.45, 7) is 6.35. The predicted molar refractivity (Wildman–Crippen MR) is 45.5 cm³/mol. The van der Waals surface area contributed by atoms with E-state index >= 15 is 0 Å². The maximum atomic E-state index is 12.7. The summed E-state index contributed by atoms with van der Waals surface area (Å²) in [5.41, 5.74) is -0.713. The topological polar surface area (TPSA) is 29.1 Å². The molecule has 2 unspecified atom stereocenters. The Kier molecular flexibility index (Phi) is 2.40. The van der Waals surface area contributed by atoms with Crippen LogP contribution in [0.3, 0.4) is 0 Å². The first-order chi connectivity index (χ1) is 5.47. The molecule has 0 heterocycles. The second-order valence-corrected chi connectivity index (χ2v) is 4.19. The second kappa shape index (κ2) is 3.04. The molecule has 1 N–H and O–H groups in total. The van der Waals surface area contributed by atoms with Crippen LogP contribution in [0.1, 0.15) is 27.2 Å². The van der Waals surface area contributed by atoms with Crippen LogP contribution in [0.2, 0.25) is 0 Å². The molecule has 0 aromatic heterocycles. The highest BCUT2D eigenvalue weighted by Gasteiger charge is 2.57. The maximum Gasteiger partial charge on any atom is 0.229 e. The van der Waals surface area contributed by atoms with Gasteiger partial charge in [-0.3, -0.25) is 4.79 Å². The molecule has 0 bridgehead atoms. The summed E-state index contributed by atoms with van der Waals surface area (Å²) in [6, 6.07) is 0. The van der Waals surface area contributed by atoms with Crippen LogP contribution >= 0.6 is 0 Å². The number of carbonyl (C=O) groups is 1. The standard InChI is InChI=1S/C9H16FNO/c1-6(2)5-11-8(12)9(3)4-7(9)10/h6-7H,4-5H2,1-3H3,(H,11,12). The van der Waals surface area contributed by atoms with Crippen LogP contribution in [-0.2, 0) is 4.79 Å². The fourth-order valence-corrected chi connectivity index (χ4v) is 1.05. The zero-order valence-electron chi connectivity index (χ0n) is 7.86. The highest BCUT2D eigenvalue weighted by molar-refractivity contribution is 5.86. The van der Waals surface area contributed by atoms with Gasteiger partial charge in [0, 0.05) is 6.54 Å². The minimum absolute atomic E-state index is 0.135. The van der Waals surface area contributed by atoms with Gasteiger partial charge in [-0.15, -0.1) is 0 Å². The molecule has 0 aromatic rings. The van der Waals surface area contributed by atoms with Crippen LogP contribution in [0, 0.1) is 11.3 Å². The molecule has 1 saturated carbocycles. The van der Waals surface area contributed by atoms with Gasteiger partial charge in [0.1, 0.15) is 6.17 Å². The summed E-state index contributed by atoms with van der Waals surface area (Å²) >= 11 is 0. The summed E-state index contributed by atoms with van der Waals surface area (Å²) in [5.74, 6) is 0.290. The van der Waals surface area contributed by atoms with Crippen molar-refractivity contribution >= 4 is 5.91 Å². The Hall–Kier alpha value is -0.600. The lowest BCUT2D eigenvalue weighted by Gasteiger charge is -2.11. The van der Waals surface area contributed by atoms with E-state index in [1.54, 1.807) is 6.92 Å². The average molecular weight is 173 g/mol. The minimum atomic E-state index is -0.926. The van der Waals surface area contributed by atoms with Gasteiger partial charge in [-0.2, -0.15) is 0 Å². The first-order valence-corrected chi connectivity index (χ1v) is 4.39. The highest BCUT2D eigenvalue weighted by Crippen LogP contribution is 2.48. The molecule has 0 radical (unpaired) electrons. The molecule has 12 heavy (non-hydrogen) atoms. The Morgan fingerprint density at radius 2 is 2.25 bits per heavy atom. The van der Waals surface area contributed by atoms with E-state index < -0.39 is 11.6 Å². The fraction of sp³-hybridized carbons (Fsp3) is 0.889. The van der Waals surface area contributed by atoms with Gasteiger partial charge in [0.2, 0.25) is 5.91 Å². The molecule has 0 spiro atoms. The van der Waals surface area contributed by atoms with Gasteiger partial charge < -0.3 is 5.32 Å². The van der Waals surface area contributed by atoms with Crippen LogP contribution in [0.15, 0.2) is 0 Å². The van der Waals surface area contributed by atoms with E-state index in [0.717, 1.165) is 0 Å². The van der Waals surface area contributed by atoms with Crippen LogP contribution < -0.4 is 5.32 Å². The Bertz CT molecular complexity index is 193. The molecule has 2 atom stereocenters. The Morgan fingerprint density at radius 1 is 1.75 bits per heavy atom. The summed E-state index contributed by atoms with van der Waals surface area (Å²) in [4.78, 5) is 11.3. The van der Waals surface area contributed by atoms with E-state index in [1.807, 2.05) is 13.8 Å². The van der Waals surface area contributed by atoms with Gasteiger partial charge in [0.25, 0.3) is 0 Å². The summed E-state index contributed by atoms with van der Waals surface area (Å²) < 4.78 is 12.7. The normalized spacial score (nSPS) is 33.6. The molecule has 1 aliphatic carbocycles. The zero-order chi connectivity index (χ0) is 9.35. The molecule has 0 aliphatic heterocycles. The Balaban J connectivity index is 2.30. The van der Waals surface area contributed by atoms with Crippen molar-refractivity contribution in [3.8, 4) is 0 Å². The smallest absolute Gasteiger partial charge is 0.229 e. The van der Waals surface area contributed by atoms with E-state index in [-0.39, 0.29) is 5.91 Å². The van der Waals surface area contributed by atoms with Crippen molar-refractivity contribution in [2.75, 3.05) is 6.54 Å². The van der Waals surface area contributed by atoms with Crippen molar-refractivity contribution < 1.29 is 9.18 Å². The van der Waals surface area contributed by atoms with Gasteiger partial charge >= 0.3 is 0 Å². The molecule has 3 heteroatoms. The number of hydrogen-bond donors (Lipinski definition) is 1. The molecule has 1 aliphatic rings. The first-order valence-electron chi connectivity index (χ1n) is 4.39. The lowest BCUT2D eigenvalue weighted by molar-refractivity contribution is -0.126. The van der Waals surface area contributed by atoms with Crippen LogP contribution in [-0.4, -0.2) is 18.6 Å². The molecule has 0 aromatic carbocycles. The van der Waals surface area contributed by atoms with Crippen molar-refractivity contribution in [1.29, 1.82) is 0 Å². The number of alkyl halides is 1. The number of nitrogens with one attached hydrogen (secondary N) is 1. The molecular weight excluding hydrogens is 157 g/mol. The monoisotopic (exact) mass is 173 g/mol. The van der Waals surface area contributed by atoms with Crippen molar-refractivity contribution in [3.05, 3.63) is 0 Å². The third-order valence-corrected chi connectivity index (χ3v) is 2.32. The Morgan fingerprint density at radius 3 is 2.58 bits per heavy atom. The van der Waals surface area contributed by atoms with Gasteiger partial charge in [0.15, 0.2) is 0 Å². The van der Waals surface area contributed by atoms with E-state index in [4.69, 9.17) is 0 Å². The molecule has 1 fully saturated rings. The SMILES string of the molecule is CC(C)CNC(=O)C1(C)CC1F. The minimum Gasteiger partial charge on any atom is -0.355 e. The van der Waals surface area contributed by atoms with Crippen LogP contribution in [0.25, 0.3) is 0 Å². The quantitative estimate of drug-likeness (QED) is 0.688. The highest BCUT2D eigenvalue weighted by atomic mass is 19.1. The molecule has 70 valence electrons. The van der Waals surface area contributed by atoms with Gasteiger partial charge in [-0.25, -0.2) is 4.39 Å². The molecule has 1 amide bonds. The summed E-state index contributed by atoms with van der Waals surface area (Å²) in [6.07, 6.45) is -0.540. The number of rotatable bonds is 3. The summed E-state index contributed by atoms with van der Waals surface area (Å²) in [7, 11) is 0. The van der Waals surface area contributed by atoms with E-state index in [0.29, 0.717) is 18.9 Å². The molecular formula is C9H16FNO. The second-order valence-electron chi connectivity index (χ2n) is 4.19. The predicted octanol–water partition coefficient (Wildman–Crippen LogP) is 1.51. The third kappa shape index (κ3) is 1.76. The fourth-order valence-electron chi connectivity index (χ4n) is 1.05. The third-order valence-electron chi connectivity index (χ3n) is 2.32. The number of halogens is 1. The number of carbonyl (C=O) groups excluding carboxylic acids is 1. The zero-order valence-corrected chi connectivity index (χ0v) is 7.86. The van der Waals surface area contributed by atoms with Crippen LogP contribution in [0.4, 0.5) is 4.39 Å².